The first kappa shape index (κ1) is 23.5. The summed E-state index contributed by atoms with van der Waals surface area (Å²) in [6.45, 7) is 8.62. The Morgan fingerprint density at radius 2 is 1.81 bits per heavy atom. The highest BCUT2D eigenvalue weighted by atomic mass is 16.2. The molecule has 1 rings (SSSR count). The van der Waals surface area contributed by atoms with Crippen LogP contribution in [0.4, 0.5) is 0 Å². The van der Waals surface area contributed by atoms with Crippen LogP contribution in [0, 0.1) is 0 Å². The zero-order chi connectivity index (χ0) is 20.2. The zero-order valence-corrected chi connectivity index (χ0v) is 17.1. The van der Waals surface area contributed by atoms with Gasteiger partial charge < -0.3 is 21.7 Å². The number of carbonyl (C=O) groups excluding carboxylic acids is 3. The summed E-state index contributed by atoms with van der Waals surface area (Å²) in [4.78, 5) is 37.6. The third-order valence-electron chi connectivity index (χ3n) is 4.69. The topological polar surface area (TPSA) is 117 Å². The summed E-state index contributed by atoms with van der Waals surface area (Å²) in [6, 6.07) is -0.0224. The Hall–Kier alpha value is -1.51. The molecule has 2 amide bonds. The van der Waals surface area contributed by atoms with Crippen LogP contribution in [0.15, 0.2) is 0 Å². The zero-order valence-electron chi connectivity index (χ0n) is 17.1. The van der Waals surface area contributed by atoms with E-state index in [0.717, 1.165) is 45.3 Å². The number of hydrogen-bond acceptors (Lipinski definition) is 6. The van der Waals surface area contributed by atoms with Crippen molar-refractivity contribution < 1.29 is 14.4 Å². The fourth-order valence-electron chi connectivity index (χ4n) is 3.24. The van der Waals surface area contributed by atoms with E-state index in [2.05, 4.69) is 34.7 Å². The van der Waals surface area contributed by atoms with Gasteiger partial charge in [0.1, 0.15) is 11.8 Å². The normalized spacial score (nSPS) is 16.9. The SMILES string of the molecule is CC(=O)CN1CCC(NC(=O)C(CCCCNC(C)C)NC(=O)CN)CC1. The highest BCUT2D eigenvalue weighted by Gasteiger charge is 2.25. The van der Waals surface area contributed by atoms with Gasteiger partial charge in [-0.2, -0.15) is 0 Å². The number of Topliss-reactive ketones (excluding diaryl/α,β-unsaturated/α-hetero) is 1. The van der Waals surface area contributed by atoms with Crippen molar-refractivity contribution >= 4 is 17.6 Å². The van der Waals surface area contributed by atoms with Crippen molar-refractivity contribution in [1.29, 1.82) is 0 Å². The first-order chi connectivity index (χ1) is 12.8. The fourth-order valence-corrected chi connectivity index (χ4v) is 3.24. The highest BCUT2D eigenvalue weighted by Crippen LogP contribution is 2.11. The van der Waals surface area contributed by atoms with E-state index in [0.29, 0.717) is 19.0 Å². The number of carbonyl (C=O) groups is 3. The number of piperidine rings is 1. The van der Waals surface area contributed by atoms with E-state index >= 15 is 0 Å². The van der Waals surface area contributed by atoms with Gasteiger partial charge in [0.05, 0.1) is 13.1 Å². The van der Waals surface area contributed by atoms with Crippen LogP contribution in [0.5, 0.6) is 0 Å². The Kier molecular flexibility index (Phi) is 11.2. The van der Waals surface area contributed by atoms with Gasteiger partial charge >= 0.3 is 0 Å². The lowest BCUT2D eigenvalue weighted by molar-refractivity contribution is -0.129. The number of amides is 2. The van der Waals surface area contributed by atoms with Crippen LogP contribution in [0.2, 0.25) is 0 Å². The van der Waals surface area contributed by atoms with Crippen LogP contribution in [0.25, 0.3) is 0 Å². The van der Waals surface area contributed by atoms with E-state index in [4.69, 9.17) is 5.73 Å². The second-order valence-electron chi connectivity index (χ2n) is 7.69. The molecule has 0 aromatic rings. The molecule has 156 valence electrons. The second-order valence-corrected chi connectivity index (χ2v) is 7.69. The lowest BCUT2D eigenvalue weighted by Crippen LogP contribution is -2.53. The lowest BCUT2D eigenvalue weighted by Gasteiger charge is -2.32. The first-order valence-electron chi connectivity index (χ1n) is 10.1. The Labute approximate surface area is 163 Å². The molecule has 1 aliphatic heterocycles. The van der Waals surface area contributed by atoms with Crippen LogP contribution in [-0.4, -0.2) is 73.3 Å². The summed E-state index contributed by atoms with van der Waals surface area (Å²) in [5.41, 5.74) is 5.38. The number of nitrogens with zero attached hydrogens (tertiary/aromatic N) is 1. The minimum Gasteiger partial charge on any atom is -0.351 e. The van der Waals surface area contributed by atoms with Crippen LogP contribution in [0.1, 0.15) is 52.9 Å². The number of nitrogens with two attached hydrogens (primary N) is 1. The van der Waals surface area contributed by atoms with Crippen molar-refractivity contribution in [2.24, 2.45) is 5.73 Å². The number of likely N-dealkylation sites (tertiary alicyclic amines) is 1. The minimum absolute atomic E-state index is 0.0839. The predicted molar refractivity (Wildman–Crippen MR) is 106 cm³/mol. The minimum atomic E-state index is -0.546. The first-order valence-corrected chi connectivity index (χ1v) is 10.1. The van der Waals surface area contributed by atoms with Gasteiger partial charge in [-0.05, 0) is 45.6 Å². The Morgan fingerprint density at radius 1 is 1.15 bits per heavy atom. The second kappa shape index (κ2) is 12.8. The quantitative estimate of drug-likeness (QED) is 0.346. The Morgan fingerprint density at radius 3 is 2.37 bits per heavy atom. The molecular weight excluding hydrogens is 346 g/mol. The molecule has 0 aromatic carbocycles. The molecule has 0 aromatic heterocycles. The molecule has 8 heteroatoms. The van der Waals surface area contributed by atoms with Gasteiger partial charge in [0.15, 0.2) is 0 Å². The molecule has 27 heavy (non-hydrogen) atoms. The predicted octanol–water partition coefficient (Wildman–Crippen LogP) is -0.232. The average Bonchev–Trinajstić information content (AvgIpc) is 2.61. The Balaban J connectivity index is 2.43. The largest absolute Gasteiger partial charge is 0.351 e. The van der Waals surface area contributed by atoms with Crippen LogP contribution >= 0.6 is 0 Å². The van der Waals surface area contributed by atoms with Crippen molar-refractivity contribution in [2.45, 2.75) is 71.0 Å². The number of nitrogens with one attached hydrogen (secondary N) is 3. The van der Waals surface area contributed by atoms with Crippen molar-refractivity contribution in [3.05, 3.63) is 0 Å². The number of hydrogen-bond donors (Lipinski definition) is 4. The highest BCUT2D eigenvalue weighted by molar-refractivity contribution is 5.88. The van der Waals surface area contributed by atoms with E-state index in [1.54, 1.807) is 6.92 Å². The molecule has 0 aliphatic carbocycles. The van der Waals surface area contributed by atoms with Crippen molar-refractivity contribution in [2.75, 3.05) is 32.7 Å². The van der Waals surface area contributed by atoms with E-state index in [9.17, 15) is 14.4 Å². The molecular formula is C19H37N5O3. The fraction of sp³-hybridized carbons (Fsp3) is 0.842. The summed E-state index contributed by atoms with van der Waals surface area (Å²) in [7, 11) is 0. The molecule has 1 unspecified atom stereocenters. The van der Waals surface area contributed by atoms with Crippen LogP contribution in [-0.2, 0) is 14.4 Å². The van der Waals surface area contributed by atoms with Gasteiger partial charge in [0, 0.05) is 25.2 Å². The molecule has 0 bridgehead atoms. The van der Waals surface area contributed by atoms with Gasteiger partial charge in [-0.1, -0.05) is 13.8 Å². The summed E-state index contributed by atoms with van der Waals surface area (Å²) < 4.78 is 0. The molecule has 0 spiro atoms. The molecule has 1 aliphatic rings. The number of ketones is 1. The molecule has 1 heterocycles. The van der Waals surface area contributed by atoms with Crippen molar-refractivity contribution in [1.82, 2.24) is 20.9 Å². The van der Waals surface area contributed by atoms with Gasteiger partial charge in [-0.25, -0.2) is 0 Å². The van der Waals surface area contributed by atoms with E-state index in [1.165, 1.54) is 0 Å². The molecule has 0 radical (unpaired) electrons. The van der Waals surface area contributed by atoms with Crippen LogP contribution < -0.4 is 21.7 Å². The summed E-state index contributed by atoms with van der Waals surface area (Å²) >= 11 is 0. The third kappa shape index (κ3) is 10.4. The molecule has 5 N–H and O–H groups in total. The maximum atomic E-state index is 12.6. The number of rotatable bonds is 12. The van der Waals surface area contributed by atoms with E-state index in [-0.39, 0.29) is 30.2 Å². The van der Waals surface area contributed by atoms with Gasteiger partial charge in [-0.15, -0.1) is 0 Å². The third-order valence-corrected chi connectivity index (χ3v) is 4.69. The molecule has 1 atom stereocenters. The maximum absolute atomic E-state index is 12.6. The summed E-state index contributed by atoms with van der Waals surface area (Å²) in [5, 5.41) is 9.15. The van der Waals surface area contributed by atoms with Crippen molar-refractivity contribution in [3.63, 3.8) is 0 Å². The number of unbranched alkanes of at least 4 members (excludes halogenated alkanes) is 1. The van der Waals surface area contributed by atoms with E-state index in [1.807, 2.05) is 0 Å². The summed E-state index contributed by atoms with van der Waals surface area (Å²) in [5.74, 6) is -0.292. The summed E-state index contributed by atoms with van der Waals surface area (Å²) in [6.07, 6.45) is 4.02. The lowest BCUT2D eigenvalue weighted by atomic mass is 10.0. The van der Waals surface area contributed by atoms with E-state index < -0.39 is 6.04 Å². The molecule has 0 saturated carbocycles. The maximum Gasteiger partial charge on any atom is 0.242 e. The Bertz CT molecular complexity index is 476. The molecule has 1 fully saturated rings. The standard InChI is InChI=1S/C19H37N5O3/c1-14(2)21-9-5-4-6-17(23-18(26)12-20)19(27)22-16-7-10-24(11-8-16)13-15(3)25/h14,16-17,21H,4-13,20H2,1-3H3,(H,22,27)(H,23,26). The van der Waals surface area contributed by atoms with Gasteiger partial charge in [0.2, 0.25) is 11.8 Å². The molecule has 1 saturated heterocycles. The van der Waals surface area contributed by atoms with Crippen LogP contribution in [0.3, 0.4) is 0 Å². The van der Waals surface area contributed by atoms with Crippen molar-refractivity contribution in [3.8, 4) is 0 Å². The smallest absolute Gasteiger partial charge is 0.242 e. The monoisotopic (exact) mass is 383 g/mol. The average molecular weight is 384 g/mol. The molecule has 8 nitrogen and oxygen atoms in total. The van der Waals surface area contributed by atoms with Gasteiger partial charge in [-0.3, -0.25) is 19.3 Å². The van der Waals surface area contributed by atoms with Gasteiger partial charge in [0.25, 0.3) is 0 Å².